The van der Waals surface area contributed by atoms with Crippen molar-refractivity contribution in [1.82, 2.24) is 0 Å². The van der Waals surface area contributed by atoms with Gasteiger partial charge in [-0.25, -0.2) is 0 Å². The van der Waals surface area contributed by atoms with Gasteiger partial charge in [-0.05, 0) is 123 Å². The van der Waals surface area contributed by atoms with Crippen LogP contribution in [0.2, 0.25) is 0 Å². The van der Waals surface area contributed by atoms with Crippen molar-refractivity contribution in [2.45, 2.75) is 85.1 Å². The van der Waals surface area contributed by atoms with Crippen molar-refractivity contribution in [2.75, 3.05) is 0 Å². The number of hydrogen-bond acceptors (Lipinski definition) is 1. The Kier molecular flexibility index (Phi) is 7.27. The van der Waals surface area contributed by atoms with E-state index in [4.69, 9.17) is 5.73 Å². The summed E-state index contributed by atoms with van der Waals surface area (Å²) >= 11 is 0. The largest absolute Gasteiger partial charge is 0.326 e. The number of rotatable bonds is 6. The van der Waals surface area contributed by atoms with Gasteiger partial charge in [-0.2, -0.15) is 0 Å². The maximum atomic E-state index is 6.35. The summed E-state index contributed by atoms with van der Waals surface area (Å²) in [5.41, 5.74) is 23.6. The molecule has 1 atom stereocenters. The first-order valence-corrected chi connectivity index (χ1v) is 15.3. The van der Waals surface area contributed by atoms with Crippen LogP contribution in [0.5, 0.6) is 0 Å². The van der Waals surface area contributed by atoms with Crippen LogP contribution in [-0.2, 0) is 25.8 Å². The summed E-state index contributed by atoms with van der Waals surface area (Å²) in [6.07, 6.45) is 10.2. The normalized spacial score (nSPS) is 16.5. The van der Waals surface area contributed by atoms with E-state index in [-0.39, 0.29) is 0 Å². The van der Waals surface area contributed by atoms with Crippen molar-refractivity contribution in [3.8, 4) is 11.1 Å². The molecule has 2 aliphatic rings. The Bertz CT molecular complexity index is 1640. The predicted molar refractivity (Wildman–Crippen MR) is 173 cm³/mol. The molecule has 4 aromatic carbocycles. The topological polar surface area (TPSA) is 26.0 Å². The first-order valence-electron chi connectivity index (χ1n) is 15.3. The van der Waals surface area contributed by atoms with Gasteiger partial charge in [-0.3, -0.25) is 0 Å². The number of nitrogens with two attached hydrogens (primary N) is 1. The van der Waals surface area contributed by atoms with Gasteiger partial charge in [0.05, 0.1) is 0 Å². The Balaban J connectivity index is 1.57. The molecular weight excluding hydrogens is 482 g/mol. The van der Waals surface area contributed by atoms with Crippen molar-refractivity contribution in [3.05, 3.63) is 123 Å². The van der Waals surface area contributed by atoms with Crippen molar-refractivity contribution >= 4 is 16.3 Å². The second-order valence-corrected chi connectivity index (χ2v) is 12.1. The SMILES string of the molecule is CCc1cccc(CC)c1-c1cc(C)c2c3c(ccc2c1)C1=C(CCC=C1)C(c1cc(C(C)C)ccc1CN)C3. The third-order valence-electron chi connectivity index (χ3n) is 9.47. The summed E-state index contributed by atoms with van der Waals surface area (Å²) in [7, 11) is 0. The fourth-order valence-corrected chi connectivity index (χ4v) is 7.40. The first kappa shape index (κ1) is 26.8. The number of allylic oxidation sites excluding steroid dienone is 4. The summed E-state index contributed by atoms with van der Waals surface area (Å²) in [5.74, 6) is 0.878. The molecule has 1 nitrogen and oxygen atoms in total. The minimum atomic E-state index is 0.377. The maximum Gasteiger partial charge on any atom is 0.0181 e. The van der Waals surface area contributed by atoms with Gasteiger partial charge in [0.1, 0.15) is 0 Å². The van der Waals surface area contributed by atoms with Gasteiger partial charge in [0.15, 0.2) is 0 Å². The third-order valence-corrected chi connectivity index (χ3v) is 9.47. The van der Waals surface area contributed by atoms with Crippen LogP contribution in [0.25, 0.3) is 27.5 Å². The highest BCUT2D eigenvalue weighted by Crippen LogP contribution is 2.48. The third kappa shape index (κ3) is 4.45. The Labute approximate surface area is 240 Å². The van der Waals surface area contributed by atoms with Gasteiger partial charge >= 0.3 is 0 Å². The lowest BCUT2D eigenvalue weighted by molar-refractivity contribution is 0.711. The quantitative estimate of drug-likeness (QED) is 0.266. The average molecular weight is 526 g/mol. The lowest BCUT2D eigenvalue weighted by Gasteiger charge is -2.34. The van der Waals surface area contributed by atoms with Crippen LogP contribution < -0.4 is 5.73 Å². The second-order valence-electron chi connectivity index (χ2n) is 12.1. The fraction of sp³-hybridized carbons (Fsp3) is 0.333. The number of fused-ring (bicyclic) bond motifs is 4. The molecular formula is C39H43N. The van der Waals surface area contributed by atoms with E-state index in [2.05, 4.69) is 107 Å². The molecule has 0 amide bonds. The number of benzene rings is 4. The Morgan fingerprint density at radius 3 is 2.38 bits per heavy atom. The molecule has 40 heavy (non-hydrogen) atoms. The molecule has 1 heteroatoms. The van der Waals surface area contributed by atoms with Crippen molar-refractivity contribution in [2.24, 2.45) is 5.73 Å². The zero-order valence-corrected chi connectivity index (χ0v) is 24.9. The van der Waals surface area contributed by atoms with E-state index in [1.54, 1.807) is 5.57 Å². The molecule has 6 rings (SSSR count). The van der Waals surface area contributed by atoms with E-state index in [9.17, 15) is 0 Å². The Hall–Kier alpha value is -3.42. The van der Waals surface area contributed by atoms with Gasteiger partial charge in [-0.1, -0.05) is 100 Å². The standard InChI is InChI=1S/C39H43N/c1-6-26-11-10-12-27(7-2)39(26)31-19-25(5)38-29(20-31)17-18-34-32-13-8-9-14-33(32)36(22-37(34)38)35-21-28(24(3)4)15-16-30(35)23-40/h8,10-13,15-21,24,36H,6-7,9,14,22-23,40H2,1-5H3. The molecule has 4 aromatic rings. The summed E-state index contributed by atoms with van der Waals surface area (Å²) in [4.78, 5) is 0. The summed E-state index contributed by atoms with van der Waals surface area (Å²) in [5, 5.41) is 2.80. The molecule has 0 spiro atoms. The predicted octanol–water partition coefficient (Wildman–Crippen LogP) is 9.97. The van der Waals surface area contributed by atoms with Gasteiger partial charge < -0.3 is 5.73 Å². The highest BCUT2D eigenvalue weighted by molar-refractivity contribution is 5.98. The first-order chi connectivity index (χ1) is 19.4. The fourth-order valence-electron chi connectivity index (χ4n) is 7.40. The number of aryl methyl sites for hydroxylation is 3. The molecule has 0 aliphatic heterocycles. The molecule has 0 bridgehead atoms. The van der Waals surface area contributed by atoms with Crippen LogP contribution in [0.4, 0.5) is 0 Å². The molecule has 0 heterocycles. The van der Waals surface area contributed by atoms with E-state index in [0.717, 1.165) is 32.1 Å². The smallest absolute Gasteiger partial charge is 0.0181 e. The average Bonchev–Trinajstić information content (AvgIpc) is 2.99. The lowest BCUT2D eigenvalue weighted by atomic mass is 9.70. The summed E-state index contributed by atoms with van der Waals surface area (Å²) in [6, 6.07) is 23.6. The van der Waals surface area contributed by atoms with Crippen LogP contribution in [0.15, 0.2) is 78.4 Å². The molecule has 0 saturated carbocycles. The van der Waals surface area contributed by atoms with Crippen LogP contribution in [0, 0.1) is 6.92 Å². The van der Waals surface area contributed by atoms with Crippen molar-refractivity contribution in [3.63, 3.8) is 0 Å². The van der Waals surface area contributed by atoms with Gasteiger partial charge in [0.25, 0.3) is 0 Å². The summed E-state index contributed by atoms with van der Waals surface area (Å²) in [6.45, 7) is 12.0. The van der Waals surface area contributed by atoms with E-state index in [1.165, 1.54) is 72.0 Å². The molecule has 0 aromatic heterocycles. The summed E-state index contributed by atoms with van der Waals surface area (Å²) < 4.78 is 0. The zero-order chi connectivity index (χ0) is 28.0. The molecule has 0 fully saturated rings. The van der Waals surface area contributed by atoms with Crippen LogP contribution in [0.3, 0.4) is 0 Å². The minimum Gasteiger partial charge on any atom is -0.326 e. The molecule has 2 N–H and O–H groups in total. The Morgan fingerprint density at radius 2 is 1.68 bits per heavy atom. The lowest BCUT2D eigenvalue weighted by Crippen LogP contribution is -2.19. The van der Waals surface area contributed by atoms with E-state index < -0.39 is 0 Å². The van der Waals surface area contributed by atoms with Gasteiger partial charge in [0, 0.05) is 12.5 Å². The van der Waals surface area contributed by atoms with E-state index >= 15 is 0 Å². The van der Waals surface area contributed by atoms with E-state index in [0.29, 0.717) is 18.4 Å². The minimum absolute atomic E-state index is 0.377. The van der Waals surface area contributed by atoms with Crippen LogP contribution in [-0.4, -0.2) is 0 Å². The van der Waals surface area contributed by atoms with Gasteiger partial charge in [0.2, 0.25) is 0 Å². The van der Waals surface area contributed by atoms with E-state index in [1.807, 2.05) is 0 Å². The van der Waals surface area contributed by atoms with Gasteiger partial charge in [-0.15, -0.1) is 0 Å². The van der Waals surface area contributed by atoms with Crippen molar-refractivity contribution < 1.29 is 0 Å². The molecule has 0 radical (unpaired) electrons. The monoisotopic (exact) mass is 525 g/mol. The zero-order valence-electron chi connectivity index (χ0n) is 24.9. The van der Waals surface area contributed by atoms with Crippen LogP contribution in [0.1, 0.15) is 96.9 Å². The van der Waals surface area contributed by atoms with Crippen LogP contribution >= 0.6 is 0 Å². The second kappa shape index (κ2) is 10.9. The highest BCUT2D eigenvalue weighted by Gasteiger charge is 2.31. The van der Waals surface area contributed by atoms with Crippen molar-refractivity contribution in [1.29, 1.82) is 0 Å². The Morgan fingerprint density at radius 1 is 0.900 bits per heavy atom. The molecule has 204 valence electrons. The molecule has 0 saturated heterocycles. The number of hydrogen-bond donors (Lipinski definition) is 1. The highest BCUT2D eigenvalue weighted by atomic mass is 14.5. The molecule has 1 unspecified atom stereocenters. The maximum absolute atomic E-state index is 6.35. The molecule has 2 aliphatic carbocycles.